The maximum absolute atomic E-state index is 12.1. The number of hydrogen-bond acceptors (Lipinski definition) is 3. The molecule has 0 aromatic heterocycles. The molecular weight excluding hydrogens is 230 g/mol. The first-order valence-electron chi connectivity index (χ1n) is 6.91. The number of carbonyl (C=O) groups is 2. The van der Waals surface area contributed by atoms with Crippen LogP contribution in [-0.4, -0.2) is 36.5 Å². The third kappa shape index (κ3) is 4.67. The summed E-state index contributed by atoms with van der Waals surface area (Å²) in [6.07, 6.45) is 6.63. The lowest BCUT2D eigenvalue weighted by atomic mass is 10.0. The number of amides is 1. The van der Waals surface area contributed by atoms with Gasteiger partial charge in [-0.1, -0.05) is 25.7 Å². The molecule has 0 heterocycles. The normalized spacial score (nSPS) is 16.0. The van der Waals surface area contributed by atoms with Crippen LogP contribution in [0.5, 0.6) is 0 Å². The van der Waals surface area contributed by atoms with E-state index in [9.17, 15) is 9.59 Å². The molecule has 4 nitrogen and oxygen atoms in total. The Morgan fingerprint density at radius 2 is 1.89 bits per heavy atom. The molecule has 0 unspecified atom stereocenters. The Hall–Kier alpha value is -1.06. The van der Waals surface area contributed by atoms with E-state index in [-0.39, 0.29) is 24.5 Å². The minimum absolute atomic E-state index is 0.0418. The lowest BCUT2D eigenvalue weighted by Gasteiger charge is -2.26. The highest BCUT2D eigenvalue weighted by molar-refractivity contribution is 5.82. The molecule has 0 saturated heterocycles. The summed E-state index contributed by atoms with van der Waals surface area (Å²) < 4.78 is 4.63. The highest BCUT2D eigenvalue weighted by atomic mass is 16.5. The highest BCUT2D eigenvalue weighted by Crippen LogP contribution is 2.28. The monoisotopic (exact) mass is 255 g/mol. The van der Waals surface area contributed by atoms with Crippen molar-refractivity contribution in [2.75, 3.05) is 13.7 Å². The molecule has 0 aromatic carbocycles. The summed E-state index contributed by atoms with van der Waals surface area (Å²) in [5, 5.41) is 0. The van der Waals surface area contributed by atoms with Crippen LogP contribution in [0.25, 0.3) is 0 Å². The van der Waals surface area contributed by atoms with Crippen molar-refractivity contribution in [3.05, 3.63) is 0 Å². The summed E-state index contributed by atoms with van der Waals surface area (Å²) in [5.74, 6) is 0.432. The molecule has 1 fully saturated rings. The van der Waals surface area contributed by atoms with Crippen LogP contribution >= 0.6 is 0 Å². The van der Waals surface area contributed by atoms with Gasteiger partial charge in [-0.25, -0.2) is 0 Å². The number of nitrogens with zero attached hydrogens (tertiary/aromatic N) is 1. The zero-order chi connectivity index (χ0) is 13.5. The molecule has 1 saturated carbocycles. The fourth-order valence-electron chi connectivity index (χ4n) is 2.53. The van der Waals surface area contributed by atoms with E-state index in [0.717, 1.165) is 6.42 Å². The second-order valence-electron chi connectivity index (χ2n) is 5.38. The van der Waals surface area contributed by atoms with Crippen molar-refractivity contribution >= 4 is 11.9 Å². The SMILES string of the molecule is COC(=O)CN(C(=O)CCC1CCCC1)C(C)C. The van der Waals surface area contributed by atoms with E-state index in [1.807, 2.05) is 13.8 Å². The third-order valence-electron chi connectivity index (χ3n) is 3.71. The van der Waals surface area contributed by atoms with Gasteiger partial charge in [0.1, 0.15) is 6.54 Å². The molecule has 0 aliphatic heterocycles. The summed E-state index contributed by atoms with van der Waals surface area (Å²) in [6.45, 7) is 3.92. The van der Waals surface area contributed by atoms with Crippen molar-refractivity contribution in [2.24, 2.45) is 5.92 Å². The quantitative estimate of drug-likeness (QED) is 0.684. The van der Waals surface area contributed by atoms with Crippen LogP contribution in [0.15, 0.2) is 0 Å². The summed E-state index contributed by atoms with van der Waals surface area (Å²) in [5.41, 5.74) is 0. The summed E-state index contributed by atoms with van der Waals surface area (Å²) in [7, 11) is 1.35. The molecule has 1 aliphatic carbocycles. The van der Waals surface area contributed by atoms with Gasteiger partial charge in [-0.15, -0.1) is 0 Å². The Kier molecular flexibility index (Phi) is 6.16. The van der Waals surface area contributed by atoms with Gasteiger partial charge in [-0.05, 0) is 26.2 Å². The number of hydrogen-bond donors (Lipinski definition) is 0. The van der Waals surface area contributed by atoms with E-state index in [4.69, 9.17) is 0 Å². The van der Waals surface area contributed by atoms with Crippen LogP contribution in [0, 0.1) is 5.92 Å². The first kappa shape index (κ1) is 15.0. The van der Waals surface area contributed by atoms with Crippen LogP contribution < -0.4 is 0 Å². The van der Waals surface area contributed by atoms with Crippen molar-refractivity contribution in [3.63, 3.8) is 0 Å². The Balaban J connectivity index is 2.40. The Morgan fingerprint density at radius 1 is 1.28 bits per heavy atom. The molecule has 18 heavy (non-hydrogen) atoms. The second kappa shape index (κ2) is 7.39. The predicted molar refractivity (Wildman–Crippen MR) is 70.1 cm³/mol. The standard InChI is InChI=1S/C14H25NO3/c1-11(2)15(10-14(17)18-3)13(16)9-8-12-6-4-5-7-12/h11-12H,4-10H2,1-3H3. The molecule has 0 N–H and O–H groups in total. The van der Waals surface area contributed by atoms with Gasteiger partial charge < -0.3 is 9.64 Å². The fraction of sp³-hybridized carbons (Fsp3) is 0.857. The largest absolute Gasteiger partial charge is 0.468 e. The molecule has 4 heteroatoms. The average Bonchev–Trinajstić information content (AvgIpc) is 2.85. The minimum Gasteiger partial charge on any atom is -0.468 e. The molecule has 0 bridgehead atoms. The summed E-state index contributed by atoms with van der Waals surface area (Å²) in [6, 6.07) is 0.0418. The first-order chi connectivity index (χ1) is 8.54. The lowest BCUT2D eigenvalue weighted by Crippen LogP contribution is -2.41. The molecule has 104 valence electrons. The van der Waals surface area contributed by atoms with Crippen LogP contribution in [0.2, 0.25) is 0 Å². The van der Waals surface area contributed by atoms with Crippen LogP contribution in [0.1, 0.15) is 52.4 Å². The molecule has 0 radical (unpaired) electrons. The Labute approximate surface area is 110 Å². The van der Waals surface area contributed by atoms with Gasteiger partial charge in [0, 0.05) is 12.5 Å². The zero-order valence-electron chi connectivity index (χ0n) is 11.8. The van der Waals surface area contributed by atoms with Gasteiger partial charge in [0.05, 0.1) is 7.11 Å². The second-order valence-corrected chi connectivity index (χ2v) is 5.38. The van der Waals surface area contributed by atoms with E-state index in [1.54, 1.807) is 4.90 Å². The summed E-state index contributed by atoms with van der Waals surface area (Å²) >= 11 is 0. The van der Waals surface area contributed by atoms with Gasteiger partial charge in [0.15, 0.2) is 0 Å². The predicted octanol–water partition coefficient (Wildman–Crippen LogP) is 2.37. The molecule has 0 aromatic rings. The van der Waals surface area contributed by atoms with Crippen molar-refractivity contribution in [1.29, 1.82) is 0 Å². The van der Waals surface area contributed by atoms with Crippen molar-refractivity contribution < 1.29 is 14.3 Å². The fourth-order valence-corrected chi connectivity index (χ4v) is 2.53. The first-order valence-corrected chi connectivity index (χ1v) is 6.91. The van der Waals surface area contributed by atoms with Crippen LogP contribution in [0.3, 0.4) is 0 Å². The van der Waals surface area contributed by atoms with Crippen molar-refractivity contribution in [3.8, 4) is 0 Å². The van der Waals surface area contributed by atoms with E-state index < -0.39 is 0 Å². The molecule has 1 amide bonds. The number of rotatable bonds is 6. The van der Waals surface area contributed by atoms with E-state index in [2.05, 4.69) is 4.74 Å². The average molecular weight is 255 g/mol. The lowest BCUT2D eigenvalue weighted by molar-refractivity contribution is -0.148. The van der Waals surface area contributed by atoms with Crippen LogP contribution in [-0.2, 0) is 14.3 Å². The number of carbonyl (C=O) groups excluding carboxylic acids is 2. The van der Waals surface area contributed by atoms with Gasteiger partial charge in [0.25, 0.3) is 0 Å². The molecule has 0 spiro atoms. The molecular formula is C14H25NO3. The van der Waals surface area contributed by atoms with Crippen molar-refractivity contribution in [1.82, 2.24) is 4.90 Å². The minimum atomic E-state index is -0.349. The zero-order valence-corrected chi connectivity index (χ0v) is 11.8. The number of methoxy groups -OCH3 is 1. The van der Waals surface area contributed by atoms with Gasteiger partial charge >= 0.3 is 5.97 Å². The van der Waals surface area contributed by atoms with Crippen molar-refractivity contribution in [2.45, 2.75) is 58.4 Å². The highest BCUT2D eigenvalue weighted by Gasteiger charge is 2.22. The van der Waals surface area contributed by atoms with Gasteiger partial charge in [0.2, 0.25) is 5.91 Å². The van der Waals surface area contributed by atoms with E-state index in [1.165, 1.54) is 32.8 Å². The van der Waals surface area contributed by atoms with E-state index >= 15 is 0 Å². The topological polar surface area (TPSA) is 46.6 Å². The number of ether oxygens (including phenoxy) is 1. The molecule has 0 atom stereocenters. The third-order valence-corrected chi connectivity index (χ3v) is 3.71. The van der Waals surface area contributed by atoms with Gasteiger partial charge in [-0.2, -0.15) is 0 Å². The molecule has 1 aliphatic rings. The smallest absolute Gasteiger partial charge is 0.325 e. The maximum atomic E-state index is 12.1. The van der Waals surface area contributed by atoms with Gasteiger partial charge in [-0.3, -0.25) is 9.59 Å². The van der Waals surface area contributed by atoms with Crippen LogP contribution in [0.4, 0.5) is 0 Å². The summed E-state index contributed by atoms with van der Waals surface area (Å²) in [4.78, 5) is 25.0. The Morgan fingerprint density at radius 3 is 2.39 bits per heavy atom. The van der Waals surface area contributed by atoms with E-state index in [0.29, 0.717) is 12.3 Å². The maximum Gasteiger partial charge on any atom is 0.325 e. The number of esters is 1. The Bertz CT molecular complexity index is 283. The molecule has 1 rings (SSSR count).